The van der Waals surface area contributed by atoms with Gasteiger partial charge in [0.05, 0.1) is 6.04 Å². The average molecular weight is 670 g/mol. The SMILES string of the molecule is CC1(C)C2=C(C=CCC2)c2cc(C3=CC4C5=C(CCC=C5)N(C5=CC=CC(c6ccc7c8ccccc8c8ccccc8c7c6)C5)C4C=C3)ccc21. The molecule has 5 aliphatic carbocycles. The van der Waals surface area contributed by atoms with Gasteiger partial charge in [0, 0.05) is 28.6 Å². The van der Waals surface area contributed by atoms with Gasteiger partial charge in [0.2, 0.25) is 0 Å². The molecule has 3 unspecified atom stereocenters. The first-order valence-electron chi connectivity index (χ1n) is 19.4. The second-order valence-electron chi connectivity index (χ2n) is 16.2. The van der Waals surface area contributed by atoms with Gasteiger partial charge in [-0.2, -0.15) is 0 Å². The van der Waals surface area contributed by atoms with Crippen LogP contribution in [0.3, 0.4) is 0 Å². The second-order valence-corrected chi connectivity index (χ2v) is 16.2. The van der Waals surface area contributed by atoms with Crippen LogP contribution < -0.4 is 0 Å². The predicted octanol–water partition coefficient (Wildman–Crippen LogP) is 13.0. The normalized spacial score (nSPS) is 24.0. The molecule has 11 rings (SSSR count). The first-order chi connectivity index (χ1) is 25.5. The summed E-state index contributed by atoms with van der Waals surface area (Å²) in [5, 5.41) is 8.05. The van der Waals surface area contributed by atoms with E-state index in [4.69, 9.17) is 0 Å². The zero-order valence-electron chi connectivity index (χ0n) is 30.1. The fourth-order valence-electron chi connectivity index (χ4n) is 10.6. The van der Waals surface area contributed by atoms with Gasteiger partial charge in [-0.05, 0) is 122 Å². The van der Waals surface area contributed by atoms with E-state index in [1.54, 1.807) is 5.57 Å². The number of fused-ring (bicyclic) bond motifs is 10. The number of hydrogen-bond donors (Lipinski definition) is 0. The van der Waals surface area contributed by atoms with Crippen molar-refractivity contribution >= 4 is 43.5 Å². The molecule has 0 radical (unpaired) electrons. The van der Waals surface area contributed by atoms with Crippen molar-refractivity contribution in [1.82, 2.24) is 4.90 Å². The van der Waals surface area contributed by atoms with E-state index in [0.29, 0.717) is 17.9 Å². The molecule has 0 amide bonds. The summed E-state index contributed by atoms with van der Waals surface area (Å²) in [7, 11) is 0. The van der Waals surface area contributed by atoms with E-state index in [9.17, 15) is 0 Å². The third kappa shape index (κ3) is 4.35. The summed E-state index contributed by atoms with van der Waals surface area (Å²) in [6.45, 7) is 4.83. The summed E-state index contributed by atoms with van der Waals surface area (Å²) >= 11 is 0. The molecule has 0 fully saturated rings. The van der Waals surface area contributed by atoms with Crippen molar-refractivity contribution in [1.29, 1.82) is 0 Å². The molecule has 0 N–H and O–H groups in total. The highest BCUT2D eigenvalue weighted by atomic mass is 15.2. The van der Waals surface area contributed by atoms with Crippen LogP contribution in [0, 0.1) is 5.92 Å². The zero-order valence-corrected chi connectivity index (χ0v) is 30.1. The minimum absolute atomic E-state index is 0.115. The monoisotopic (exact) mass is 669 g/mol. The molecule has 0 spiro atoms. The molecule has 6 aliphatic rings. The quantitative estimate of drug-likeness (QED) is 0.173. The Balaban J connectivity index is 0.931. The number of allylic oxidation sites excluding steroid dienone is 13. The summed E-state index contributed by atoms with van der Waals surface area (Å²) < 4.78 is 0. The molecule has 5 aromatic rings. The Labute approximate surface area is 307 Å². The Bertz CT molecular complexity index is 2610. The van der Waals surface area contributed by atoms with E-state index >= 15 is 0 Å². The molecule has 0 saturated heterocycles. The molecule has 1 heterocycles. The first-order valence-corrected chi connectivity index (χ1v) is 19.4. The third-order valence-corrected chi connectivity index (χ3v) is 13.1. The lowest BCUT2D eigenvalue weighted by Gasteiger charge is -2.36. The van der Waals surface area contributed by atoms with E-state index in [2.05, 4.69) is 164 Å². The van der Waals surface area contributed by atoms with Gasteiger partial charge in [-0.1, -0.05) is 147 Å². The molecule has 3 atom stereocenters. The van der Waals surface area contributed by atoms with Crippen LogP contribution in [0.1, 0.15) is 74.1 Å². The fourth-order valence-corrected chi connectivity index (χ4v) is 10.6. The molecule has 1 nitrogen and oxygen atoms in total. The highest BCUT2D eigenvalue weighted by molar-refractivity contribution is 6.25. The second kappa shape index (κ2) is 11.3. The van der Waals surface area contributed by atoms with Gasteiger partial charge in [0.1, 0.15) is 0 Å². The van der Waals surface area contributed by atoms with Crippen LogP contribution in [0.4, 0.5) is 0 Å². The highest BCUT2D eigenvalue weighted by Crippen LogP contribution is 2.52. The van der Waals surface area contributed by atoms with Crippen molar-refractivity contribution in [3.63, 3.8) is 0 Å². The number of hydrogen-bond acceptors (Lipinski definition) is 1. The van der Waals surface area contributed by atoms with Crippen molar-refractivity contribution in [2.45, 2.75) is 63.3 Å². The maximum Gasteiger partial charge on any atom is 0.0623 e. The largest absolute Gasteiger partial charge is 0.341 e. The van der Waals surface area contributed by atoms with Gasteiger partial charge in [-0.25, -0.2) is 0 Å². The van der Waals surface area contributed by atoms with Crippen molar-refractivity contribution in [2.24, 2.45) is 5.92 Å². The maximum atomic E-state index is 2.73. The molecular weight excluding hydrogens is 627 g/mol. The molecule has 1 heteroatoms. The minimum atomic E-state index is 0.115. The van der Waals surface area contributed by atoms with Gasteiger partial charge in [0.15, 0.2) is 0 Å². The molecule has 252 valence electrons. The Morgan fingerprint density at radius 3 is 2.23 bits per heavy atom. The lowest BCUT2D eigenvalue weighted by atomic mass is 9.78. The highest BCUT2D eigenvalue weighted by Gasteiger charge is 2.42. The van der Waals surface area contributed by atoms with Crippen LogP contribution in [0.15, 0.2) is 168 Å². The molecular formula is C51H43N. The average Bonchev–Trinajstić information content (AvgIpc) is 3.65. The number of benzene rings is 5. The summed E-state index contributed by atoms with van der Waals surface area (Å²) in [5.74, 6) is 0.686. The predicted molar refractivity (Wildman–Crippen MR) is 220 cm³/mol. The Morgan fingerprint density at radius 1 is 0.692 bits per heavy atom. The molecule has 0 aromatic heterocycles. The zero-order chi connectivity index (χ0) is 34.6. The molecule has 0 saturated carbocycles. The van der Waals surface area contributed by atoms with Crippen molar-refractivity contribution in [3.8, 4) is 0 Å². The minimum Gasteiger partial charge on any atom is -0.341 e. The van der Waals surface area contributed by atoms with Crippen LogP contribution in [0.25, 0.3) is 43.5 Å². The van der Waals surface area contributed by atoms with E-state index in [-0.39, 0.29) is 5.41 Å². The third-order valence-electron chi connectivity index (χ3n) is 13.1. The van der Waals surface area contributed by atoms with E-state index in [0.717, 1.165) is 25.7 Å². The lowest BCUT2D eigenvalue weighted by Crippen LogP contribution is -2.33. The van der Waals surface area contributed by atoms with E-state index in [1.807, 2.05) is 0 Å². The molecule has 5 aromatic carbocycles. The van der Waals surface area contributed by atoms with Gasteiger partial charge in [0.25, 0.3) is 0 Å². The number of nitrogens with zero attached hydrogens (tertiary/aromatic N) is 1. The first kappa shape index (κ1) is 30.2. The van der Waals surface area contributed by atoms with Gasteiger partial charge in [-0.3, -0.25) is 0 Å². The lowest BCUT2D eigenvalue weighted by molar-refractivity contribution is 0.340. The Morgan fingerprint density at radius 2 is 1.42 bits per heavy atom. The molecule has 52 heavy (non-hydrogen) atoms. The van der Waals surface area contributed by atoms with Crippen molar-refractivity contribution in [3.05, 3.63) is 190 Å². The van der Waals surface area contributed by atoms with E-state index < -0.39 is 0 Å². The Hall–Kier alpha value is -5.40. The summed E-state index contributed by atoms with van der Waals surface area (Å²) in [5.41, 5.74) is 14.7. The van der Waals surface area contributed by atoms with Crippen molar-refractivity contribution in [2.75, 3.05) is 0 Å². The molecule has 1 aliphatic heterocycles. The maximum absolute atomic E-state index is 2.73. The smallest absolute Gasteiger partial charge is 0.0623 e. The van der Waals surface area contributed by atoms with Crippen LogP contribution in [0.5, 0.6) is 0 Å². The van der Waals surface area contributed by atoms with Gasteiger partial charge in [-0.15, -0.1) is 0 Å². The summed E-state index contributed by atoms with van der Waals surface area (Å²) in [6.07, 6.45) is 29.8. The molecule has 0 bridgehead atoms. The van der Waals surface area contributed by atoms with E-state index in [1.165, 1.54) is 89.1 Å². The van der Waals surface area contributed by atoms with Crippen LogP contribution in [0.2, 0.25) is 0 Å². The fraction of sp³-hybridized carbons (Fsp3) is 0.216. The van der Waals surface area contributed by atoms with Gasteiger partial charge < -0.3 is 4.90 Å². The Kier molecular flexibility index (Phi) is 6.57. The topological polar surface area (TPSA) is 3.24 Å². The van der Waals surface area contributed by atoms with Crippen LogP contribution in [-0.2, 0) is 5.41 Å². The van der Waals surface area contributed by atoms with Crippen LogP contribution in [-0.4, -0.2) is 10.9 Å². The summed E-state index contributed by atoms with van der Waals surface area (Å²) in [4.78, 5) is 2.73. The van der Waals surface area contributed by atoms with Crippen LogP contribution >= 0.6 is 0 Å². The van der Waals surface area contributed by atoms with Gasteiger partial charge >= 0.3 is 0 Å². The van der Waals surface area contributed by atoms with Crippen molar-refractivity contribution < 1.29 is 0 Å². The summed E-state index contributed by atoms with van der Waals surface area (Å²) in [6, 6.07) is 32.7. The number of rotatable bonds is 3. The standard InChI is InChI=1S/C51H43N/c1-51(2)47-20-9-7-18-42(47)45-30-34(23-26-48(45)51)35-24-27-50-46(31-35)43-19-8-10-21-49(43)52(50)36-13-11-12-32(28-36)33-22-25-41-39-16-4-3-14-37(39)38-15-5-6-17-40(38)44(41)29-33/h3-8,11-19,22-27,29-32,46,50H,9-10,20-21,28H2,1-2H3.